The Morgan fingerprint density at radius 1 is 1.06 bits per heavy atom. The Morgan fingerprint density at radius 2 is 1.77 bits per heavy atom. The second-order valence-electron chi connectivity index (χ2n) is 7.75. The fourth-order valence-corrected chi connectivity index (χ4v) is 5.53. The van der Waals surface area contributed by atoms with Crippen molar-refractivity contribution in [1.82, 2.24) is 0 Å². The standard InChI is InChI=1S/C26H21FN4O2S2/c1-16-23(25(33)31-18-6-3-2-4-7-18)24(21-8-5-13-34-21)20(14-28)26(29-16)35-15-22(32)30-19-11-9-17(27)10-12-19/h2-13,23-24H,15H2,1H3,(H,30,32)(H,31,33). The van der Waals surface area contributed by atoms with Gasteiger partial charge < -0.3 is 10.6 Å². The van der Waals surface area contributed by atoms with Crippen LogP contribution in [0.3, 0.4) is 0 Å². The maximum Gasteiger partial charge on any atom is 0.234 e. The first-order valence-corrected chi connectivity index (χ1v) is 12.6. The Hall–Kier alpha value is -3.74. The van der Waals surface area contributed by atoms with E-state index in [9.17, 15) is 19.2 Å². The number of thioether (sulfide) groups is 1. The van der Waals surface area contributed by atoms with Crippen molar-refractivity contribution in [3.63, 3.8) is 0 Å². The van der Waals surface area contributed by atoms with Crippen molar-refractivity contribution in [3.05, 3.63) is 93.4 Å². The van der Waals surface area contributed by atoms with Gasteiger partial charge >= 0.3 is 0 Å². The van der Waals surface area contributed by atoms with Gasteiger partial charge in [0.05, 0.1) is 23.3 Å². The van der Waals surface area contributed by atoms with Crippen LogP contribution in [0.4, 0.5) is 15.8 Å². The molecule has 0 radical (unpaired) electrons. The number of anilines is 2. The van der Waals surface area contributed by atoms with Gasteiger partial charge in [-0.1, -0.05) is 36.0 Å². The van der Waals surface area contributed by atoms with Crippen LogP contribution in [0.1, 0.15) is 17.7 Å². The Bertz CT molecular complexity index is 1310. The third kappa shape index (κ3) is 5.85. The minimum Gasteiger partial charge on any atom is -0.325 e. The average molecular weight is 505 g/mol. The minimum atomic E-state index is -0.666. The molecule has 176 valence electrons. The van der Waals surface area contributed by atoms with Crippen molar-refractivity contribution < 1.29 is 14.0 Å². The highest BCUT2D eigenvalue weighted by molar-refractivity contribution is 8.03. The summed E-state index contributed by atoms with van der Waals surface area (Å²) >= 11 is 2.61. The Balaban J connectivity index is 1.57. The molecule has 2 heterocycles. The van der Waals surface area contributed by atoms with E-state index >= 15 is 0 Å². The Morgan fingerprint density at radius 3 is 2.43 bits per heavy atom. The normalized spacial score (nSPS) is 17.3. The number of hydrogen-bond donors (Lipinski definition) is 2. The minimum absolute atomic E-state index is 0.00666. The van der Waals surface area contributed by atoms with E-state index in [1.807, 2.05) is 35.7 Å². The summed E-state index contributed by atoms with van der Waals surface area (Å²) in [6.45, 7) is 1.77. The van der Waals surface area contributed by atoms with Crippen LogP contribution in [0.2, 0.25) is 0 Å². The SMILES string of the molecule is CC1=NC(SCC(=O)Nc2ccc(F)cc2)=C(C#N)C(c2cccs2)C1C(=O)Nc1ccccc1. The van der Waals surface area contributed by atoms with Crippen LogP contribution in [0, 0.1) is 23.1 Å². The van der Waals surface area contributed by atoms with Gasteiger partial charge in [-0.05, 0) is 54.8 Å². The number of nitriles is 1. The first kappa shape index (κ1) is 24.4. The Kier molecular flexibility index (Phi) is 7.75. The van der Waals surface area contributed by atoms with E-state index in [1.54, 1.807) is 19.1 Å². The summed E-state index contributed by atoms with van der Waals surface area (Å²) in [5.41, 5.74) is 2.06. The summed E-state index contributed by atoms with van der Waals surface area (Å²) in [5, 5.41) is 18.0. The zero-order valence-electron chi connectivity index (χ0n) is 18.7. The molecule has 4 rings (SSSR count). The monoisotopic (exact) mass is 504 g/mol. The maximum atomic E-state index is 13.3. The van der Waals surface area contributed by atoms with Gasteiger partial charge in [-0.25, -0.2) is 9.38 Å². The van der Waals surface area contributed by atoms with Gasteiger partial charge in [-0.3, -0.25) is 9.59 Å². The fourth-order valence-electron chi connectivity index (χ4n) is 3.78. The van der Waals surface area contributed by atoms with E-state index in [0.29, 0.717) is 27.7 Å². The maximum absolute atomic E-state index is 13.3. The van der Waals surface area contributed by atoms with Gasteiger partial charge in [-0.2, -0.15) is 5.26 Å². The van der Waals surface area contributed by atoms with Crippen LogP contribution in [0.15, 0.2) is 87.7 Å². The predicted molar refractivity (Wildman–Crippen MR) is 139 cm³/mol. The van der Waals surface area contributed by atoms with E-state index in [2.05, 4.69) is 21.7 Å². The molecule has 0 saturated heterocycles. The second kappa shape index (κ2) is 11.1. The molecule has 6 nitrogen and oxygen atoms in total. The molecule has 1 aliphatic heterocycles. The highest BCUT2D eigenvalue weighted by atomic mass is 32.2. The molecule has 2 aromatic carbocycles. The summed E-state index contributed by atoms with van der Waals surface area (Å²) in [7, 11) is 0. The molecule has 0 aliphatic carbocycles. The molecule has 2 amide bonds. The van der Waals surface area contributed by atoms with Crippen molar-refractivity contribution in [1.29, 1.82) is 5.26 Å². The Labute approximate surface area is 210 Å². The number of para-hydroxylation sites is 1. The zero-order chi connectivity index (χ0) is 24.8. The van der Waals surface area contributed by atoms with Crippen LogP contribution in [0.25, 0.3) is 0 Å². The first-order valence-electron chi connectivity index (χ1n) is 10.7. The molecular weight excluding hydrogens is 483 g/mol. The lowest BCUT2D eigenvalue weighted by atomic mass is 9.80. The largest absolute Gasteiger partial charge is 0.325 e. The average Bonchev–Trinajstić information content (AvgIpc) is 3.39. The number of halogens is 1. The van der Waals surface area contributed by atoms with E-state index in [0.717, 1.165) is 16.6 Å². The topological polar surface area (TPSA) is 94.3 Å². The van der Waals surface area contributed by atoms with Gasteiger partial charge in [0.25, 0.3) is 0 Å². The van der Waals surface area contributed by atoms with Crippen LogP contribution in [0.5, 0.6) is 0 Å². The summed E-state index contributed by atoms with van der Waals surface area (Å²) < 4.78 is 13.1. The first-order chi connectivity index (χ1) is 17.0. The highest BCUT2D eigenvalue weighted by Gasteiger charge is 2.40. The molecule has 1 aliphatic rings. The predicted octanol–water partition coefficient (Wildman–Crippen LogP) is 5.81. The second-order valence-corrected chi connectivity index (χ2v) is 9.70. The number of carbonyl (C=O) groups excluding carboxylic acids is 2. The van der Waals surface area contributed by atoms with Gasteiger partial charge in [0.1, 0.15) is 10.8 Å². The number of hydrogen-bond acceptors (Lipinski definition) is 6. The number of carbonyl (C=O) groups is 2. The molecule has 35 heavy (non-hydrogen) atoms. The van der Waals surface area contributed by atoms with Gasteiger partial charge in [0, 0.05) is 27.9 Å². The van der Waals surface area contributed by atoms with Crippen LogP contribution in [-0.4, -0.2) is 23.3 Å². The van der Waals surface area contributed by atoms with Crippen molar-refractivity contribution >= 4 is 52.0 Å². The van der Waals surface area contributed by atoms with Crippen molar-refractivity contribution in [2.24, 2.45) is 10.9 Å². The summed E-state index contributed by atoms with van der Waals surface area (Å²) in [4.78, 5) is 31.2. The van der Waals surface area contributed by atoms with E-state index in [-0.39, 0.29) is 17.6 Å². The third-order valence-electron chi connectivity index (χ3n) is 5.36. The van der Waals surface area contributed by atoms with Crippen molar-refractivity contribution in [2.75, 3.05) is 16.4 Å². The molecule has 3 aromatic rings. The number of rotatable bonds is 7. The summed E-state index contributed by atoms with van der Waals surface area (Å²) in [6.07, 6.45) is 0. The smallest absolute Gasteiger partial charge is 0.234 e. The lowest BCUT2D eigenvalue weighted by Crippen LogP contribution is -2.36. The molecular formula is C26H21FN4O2S2. The molecule has 9 heteroatoms. The molecule has 0 bridgehead atoms. The highest BCUT2D eigenvalue weighted by Crippen LogP contribution is 2.43. The molecule has 0 saturated carbocycles. The molecule has 0 spiro atoms. The number of thiophene rings is 1. The van der Waals surface area contributed by atoms with E-state index in [1.165, 1.54) is 35.6 Å². The number of nitrogens with zero attached hydrogens (tertiary/aromatic N) is 2. The lowest BCUT2D eigenvalue weighted by molar-refractivity contribution is -0.118. The molecule has 2 N–H and O–H groups in total. The number of nitrogens with one attached hydrogen (secondary N) is 2. The quantitative estimate of drug-likeness (QED) is 0.425. The summed E-state index contributed by atoms with van der Waals surface area (Å²) in [5.74, 6) is -2.12. The van der Waals surface area contributed by atoms with Gasteiger partial charge in [0.15, 0.2) is 0 Å². The van der Waals surface area contributed by atoms with Gasteiger partial charge in [0.2, 0.25) is 11.8 Å². The third-order valence-corrected chi connectivity index (χ3v) is 7.31. The molecule has 2 atom stereocenters. The number of aliphatic imine (C=N–C) groups is 1. The van der Waals surface area contributed by atoms with Crippen molar-refractivity contribution in [2.45, 2.75) is 12.8 Å². The fraction of sp³-hybridized carbons (Fsp3) is 0.154. The van der Waals surface area contributed by atoms with Crippen molar-refractivity contribution in [3.8, 4) is 6.07 Å². The summed E-state index contributed by atoms with van der Waals surface area (Å²) in [6, 6.07) is 20.6. The molecule has 1 aromatic heterocycles. The van der Waals surface area contributed by atoms with E-state index < -0.39 is 17.7 Å². The molecule has 2 unspecified atom stereocenters. The number of amides is 2. The van der Waals surface area contributed by atoms with Crippen LogP contribution in [-0.2, 0) is 9.59 Å². The van der Waals surface area contributed by atoms with Gasteiger partial charge in [-0.15, -0.1) is 11.3 Å². The number of allylic oxidation sites excluding steroid dienone is 1. The zero-order valence-corrected chi connectivity index (χ0v) is 20.3. The van der Waals surface area contributed by atoms with Crippen LogP contribution < -0.4 is 10.6 Å². The molecule has 0 fully saturated rings. The van der Waals surface area contributed by atoms with Crippen LogP contribution >= 0.6 is 23.1 Å². The van der Waals surface area contributed by atoms with E-state index in [4.69, 9.17) is 0 Å². The number of benzene rings is 2. The lowest BCUT2D eigenvalue weighted by Gasteiger charge is -2.30.